The van der Waals surface area contributed by atoms with Gasteiger partial charge in [-0.15, -0.1) is 0 Å². The number of halogens is 1. The fourth-order valence-electron chi connectivity index (χ4n) is 5.68. The molecule has 4 aliphatic rings. The molecular formula is C22H22ClNO3. The molecule has 4 bridgehead atoms. The lowest BCUT2D eigenvalue weighted by atomic mass is 9.48. The molecule has 4 nitrogen and oxygen atoms in total. The Morgan fingerprint density at radius 1 is 1.11 bits per heavy atom. The summed E-state index contributed by atoms with van der Waals surface area (Å²) in [6.45, 7) is -0.232. The summed E-state index contributed by atoms with van der Waals surface area (Å²) in [5.41, 5.74) is 0.276. The third-order valence-electron chi connectivity index (χ3n) is 6.49. The number of carbonyl (C=O) groups excluding carboxylic acids is 2. The number of hydrogen-bond acceptors (Lipinski definition) is 4. The number of ketones is 1. The van der Waals surface area contributed by atoms with E-state index in [0.717, 1.165) is 19.3 Å². The van der Waals surface area contributed by atoms with Crippen molar-refractivity contribution in [2.24, 2.45) is 23.2 Å². The SMILES string of the molecule is N#C/C(=C\c1ccc(Cl)cc1)C(=O)OCC(=O)C12CC3CC(CC(C3)C1)C2. The van der Waals surface area contributed by atoms with Gasteiger partial charge < -0.3 is 4.74 Å². The zero-order valence-corrected chi connectivity index (χ0v) is 15.9. The standard InChI is InChI=1S/C22H22ClNO3/c23-19-3-1-14(2-4-19)8-18(12-24)21(26)27-13-20(25)22-9-15-5-16(10-22)7-17(6-15)11-22/h1-4,8,15-17H,5-7,9-11,13H2/b18-8+. The first-order valence-corrected chi connectivity index (χ1v) is 9.93. The highest BCUT2D eigenvalue weighted by molar-refractivity contribution is 6.30. The van der Waals surface area contributed by atoms with E-state index < -0.39 is 5.97 Å². The lowest BCUT2D eigenvalue weighted by Gasteiger charge is -2.55. The van der Waals surface area contributed by atoms with Crippen LogP contribution in [-0.2, 0) is 14.3 Å². The van der Waals surface area contributed by atoms with Crippen molar-refractivity contribution in [3.8, 4) is 6.07 Å². The van der Waals surface area contributed by atoms with Crippen LogP contribution < -0.4 is 0 Å². The van der Waals surface area contributed by atoms with E-state index in [1.54, 1.807) is 24.3 Å². The van der Waals surface area contributed by atoms with Crippen LogP contribution in [0.4, 0.5) is 0 Å². The third-order valence-corrected chi connectivity index (χ3v) is 6.74. The van der Waals surface area contributed by atoms with Crippen molar-refractivity contribution in [2.45, 2.75) is 38.5 Å². The van der Waals surface area contributed by atoms with Gasteiger partial charge in [-0.2, -0.15) is 5.26 Å². The van der Waals surface area contributed by atoms with Crippen molar-refractivity contribution in [1.82, 2.24) is 0 Å². The third kappa shape index (κ3) is 3.66. The summed E-state index contributed by atoms with van der Waals surface area (Å²) in [5, 5.41) is 9.86. The molecule has 0 amide bonds. The number of benzene rings is 1. The zero-order valence-electron chi connectivity index (χ0n) is 15.1. The summed E-state index contributed by atoms with van der Waals surface area (Å²) < 4.78 is 5.24. The van der Waals surface area contributed by atoms with Crippen LogP contribution in [0.3, 0.4) is 0 Å². The molecule has 0 atom stereocenters. The summed E-state index contributed by atoms with van der Waals surface area (Å²) >= 11 is 5.84. The summed E-state index contributed by atoms with van der Waals surface area (Å²) in [6, 6.07) is 8.67. The molecule has 4 saturated carbocycles. The Morgan fingerprint density at radius 3 is 2.19 bits per heavy atom. The molecule has 1 aromatic rings. The number of carbonyl (C=O) groups is 2. The number of nitriles is 1. The van der Waals surface area contributed by atoms with Gasteiger partial charge in [-0.05, 0) is 80.1 Å². The zero-order chi connectivity index (χ0) is 19.0. The second kappa shape index (κ2) is 7.13. The number of rotatable bonds is 5. The van der Waals surface area contributed by atoms with Gasteiger partial charge in [-0.3, -0.25) is 4.79 Å². The maximum atomic E-state index is 12.9. The highest BCUT2D eigenvalue weighted by Gasteiger charge is 2.54. The fourth-order valence-corrected chi connectivity index (χ4v) is 5.80. The van der Waals surface area contributed by atoms with E-state index in [1.165, 1.54) is 25.3 Å². The fraction of sp³-hybridized carbons (Fsp3) is 0.500. The Labute approximate surface area is 164 Å². The molecule has 5 heteroatoms. The van der Waals surface area contributed by atoms with Crippen molar-refractivity contribution in [2.75, 3.05) is 6.61 Å². The van der Waals surface area contributed by atoms with Crippen LogP contribution in [0, 0.1) is 34.5 Å². The molecule has 1 aromatic carbocycles. The minimum absolute atomic E-state index is 0.0405. The molecule has 4 fully saturated rings. The van der Waals surface area contributed by atoms with Gasteiger partial charge in [-0.25, -0.2) is 4.79 Å². The molecule has 4 aliphatic carbocycles. The van der Waals surface area contributed by atoms with Crippen LogP contribution in [0.1, 0.15) is 44.1 Å². The molecule has 5 rings (SSSR count). The Bertz CT molecular complexity index is 799. The van der Waals surface area contributed by atoms with E-state index in [4.69, 9.17) is 16.3 Å². The first kappa shape index (κ1) is 18.3. The van der Waals surface area contributed by atoms with E-state index in [2.05, 4.69) is 0 Å². The second-order valence-electron chi connectivity index (χ2n) is 8.42. The predicted molar refractivity (Wildman–Crippen MR) is 102 cm³/mol. The van der Waals surface area contributed by atoms with Crippen LogP contribution in [0.2, 0.25) is 5.02 Å². The van der Waals surface area contributed by atoms with Crippen molar-refractivity contribution < 1.29 is 14.3 Å². The van der Waals surface area contributed by atoms with E-state index in [-0.39, 0.29) is 23.4 Å². The Morgan fingerprint density at radius 2 is 1.67 bits per heavy atom. The molecule has 0 radical (unpaired) electrons. The van der Waals surface area contributed by atoms with Crippen molar-refractivity contribution >= 4 is 29.4 Å². The summed E-state index contributed by atoms with van der Waals surface area (Å²) in [6.07, 6.45) is 8.06. The molecule has 0 spiro atoms. The maximum Gasteiger partial charge on any atom is 0.349 e. The average molecular weight is 384 g/mol. The van der Waals surface area contributed by atoms with Crippen molar-refractivity contribution in [1.29, 1.82) is 5.26 Å². The predicted octanol–water partition coefficient (Wildman–Crippen LogP) is 4.58. The largest absolute Gasteiger partial charge is 0.454 e. The number of nitrogens with zero attached hydrogens (tertiary/aromatic N) is 1. The highest BCUT2D eigenvalue weighted by Crippen LogP contribution is 2.60. The maximum absolute atomic E-state index is 12.9. The number of ether oxygens (including phenoxy) is 1. The molecule has 140 valence electrons. The van der Waals surface area contributed by atoms with Gasteiger partial charge >= 0.3 is 5.97 Å². The van der Waals surface area contributed by atoms with Gasteiger partial charge in [0.2, 0.25) is 0 Å². The van der Waals surface area contributed by atoms with Gasteiger partial charge in [-0.1, -0.05) is 23.7 Å². The van der Waals surface area contributed by atoms with Crippen LogP contribution in [-0.4, -0.2) is 18.4 Å². The molecule has 27 heavy (non-hydrogen) atoms. The molecule has 0 unspecified atom stereocenters. The summed E-state index contributed by atoms with van der Waals surface area (Å²) in [5.74, 6) is 1.28. The smallest absolute Gasteiger partial charge is 0.349 e. The van der Waals surface area contributed by atoms with E-state index in [1.807, 2.05) is 6.07 Å². The van der Waals surface area contributed by atoms with Crippen LogP contribution in [0.25, 0.3) is 6.08 Å². The highest BCUT2D eigenvalue weighted by atomic mass is 35.5. The minimum atomic E-state index is -0.745. The van der Waals surface area contributed by atoms with Crippen molar-refractivity contribution in [3.05, 3.63) is 40.4 Å². The Kier molecular flexibility index (Phi) is 4.82. The lowest BCUT2D eigenvalue weighted by molar-refractivity contribution is -0.155. The number of esters is 1. The molecule has 0 saturated heterocycles. The first-order valence-electron chi connectivity index (χ1n) is 9.55. The van der Waals surface area contributed by atoms with Crippen LogP contribution in [0.5, 0.6) is 0 Å². The van der Waals surface area contributed by atoms with Crippen LogP contribution in [0.15, 0.2) is 29.8 Å². The van der Waals surface area contributed by atoms with Gasteiger partial charge in [0.15, 0.2) is 12.4 Å². The number of hydrogen-bond donors (Lipinski definition) is 0. The quantitative estimate of drug-likeness (QED) is 0.424. The van der Waals surface area contributed by atoms with Gasteiger partial charge in [0.1, 0.15) is 11.6 Å². The molecular weight excluding hydrogens is 362 g/mol. The molecule has 0 N–H and O–H groups in total. The van der Waals surface area contributed by atoms with E-state index in [0.29, 0.717) is 28.3 Å². The topological polar surface area (TPSA) is 67.2 Å². The molecule has 0 aliphatic heterocycles. The van der Waals surface area contributed by atoms with Crippen molar-refractivity contribution in [3.63, 3.8) is 0 Å². The molecule has 0 heterocycles. The lowest BCUT2D eigenvalue weighted by Crippen LogP contribution is -2.51. The first-order chi connectivity index (χ1) is 13.0. The molecule has 0 aromatic heterocycles. The average Bonchev–Trinajstić information content (AvgIpc) is 2.64. The minimum Gasteiger partial charge on any atom is -0.454 e. The second-order valence-corrected chi connectivity index (χ2v) is 8.85. The van der Waals surface area contributed by atoms with Crippen LogP contribution >= 0.6 is 11.6 Å². The normalized spacial score (nSPS) is 31.4. The Balaban J connectivity index is 1.40. The summed E-state index contributed by atoms with van der Waals surface area (Å²) in [7, 11) is 0. The monoisotopic (exact) mass is 383 g/mol. The summed E-state index contributed by atoms with van der Waals surface area (Å²) in [4.78, 5) is 25.2. The number of Topliss-reactive ketones (excluding diaryl/α,β-unsaturated/α-hetero) is 1. The Hall–Kier alpha value is -2.12. The van der Waals surface area contributed by atoms with E-state index >= 15 is 0 Å². The van der Waals surface area contributed by atoms with Gasteiger partial charge in [0.05, 0.1) is 0 Å². The van der Waals surface area contributed by atoms with E-state index in [9.17, 15) is 14.9 Å². The van der Waals surface area contributed by atoms with Gasteiger partial charge in [0, 0.05) is 10.4 Å². The van der Waals surface area contributed by atoms with Gasteiger partial charge in [0.25, 0.3) is 0 Å².